The minimum atomic E-state index is -3.84. The molecule has 0 spiro atoms. The minimum absolute atomic E-state index is 0.198. The zero-order valence-corrected chi connectivity index (χ0v) is 29.6. The first-order valence-corrected chi connectivity index (χ1v) is 19.0. The van der Waals surface area contributed by atoms with Crippen molar-refractivity contribution in [2.75, 3.05) is 44.7 Å². The van der Waals surface area contributed by atoms with Gasteiger partial charge in [-0.2, -0.15) is 4.31 Å². The average Bonchev–Trinajstić information content (AvgIpc) is 3.94. The van der Waals surface area contributed by atoms with Crippen LogP contribution in [0.25, 0.3) is 22.0 Å². The van der Waals surface area contributed by atoms with Gasteiger partial charge in [0.25, 0.3) is 5.91 Å². The van der Waals surface area contributed by atoms with Crippen molar-refractivity contribution in [3.8, 4) is 11.1 Å². The van der Waals surface area contributed by atoms with Crippen molar-refractivity contribution in [2.24, 2.45) is 0 Å². The molecule has 0 bridgehead atoms. The van der Waals surface area contributed by atoms with Gasteiger partial charge in [0.05, 0.1) is 30.9 Å². The van der Waals surface area contributed by atoms with Crippen molar-refractivity contribution in [2.45, 2.75) is 18.3 Å². The van der Waals surface area contributed by atoms with Gasteiger partial charge in [0.15, 0.2) is 5.78 Å². The summed E-state index contributed by atoms with van der Waals surface area (Å²) in [4.78, 5) is 39.6. The fourth-order valence-corrected chi connectivity index (χ4v) is 8.92. The number of fused-ring (bicyclic) bond motifs is 2. The van der Waals surface area contributed by atoms with E-state index in [0.29, 0.717) is 11.1 Å². The lowest BCUT2D eigenvalue weighted by Crippen LogP contribution is -2.44. The highest BCUT2D eigenvalue weighted by atomic mass is 32.2. The molecule has 1 saturated heterocycles. The average molecular weight is 714 g/mol. The van der Waals surface area contributed by atoms with E-state index < -0.39 is 22.0 Å². The van der Waals surface area contributed by atoms with Crippen molar-refractivity contribution in [3.63, 3.8) is 0 Å². The Morgan fingerprint density at radius 2 is 1.62 bits per heavy atom. The van der Waals surface area contributed by atoms with Crippen LogP contribution in [-0.2, 0) is 22.3 Å². The predicted octanol–water partition coefficient (Wildman–Crippen LogP) is 5.36. The summed E-state index contributed by atoms with van der Waals surface area (Å²) in [6.07, 6.45) is 4.69. The summed E-state index contributed by atoms with van der Waals surface area (Å²) in [6.45, 7) is 4.14. The Hall–Kier alpha value is -5.56. The number of Topliss-reactive ketones (excluding diaryl/α,β-unsaturated/α-hetero) is 1. The number of H-pyrrole nitrogens is 2. The van der Waals surface area contributed by atoms with E-state index in [4.69, 9.17) is 0 Å². The first-order chi connectivity index (χ1) is 25.2. The molecule has 6 aromatic rings. The van der Waals surface area contributed by atoms with E-state index in [0.717, 1.165) is 64.9 Å². The molecule has 0 unspecified atom stereocenters. The lowest BCUT2D eigenvalue weighted by molar-refractivity contribution is 0.0901. The number of aromatic amines is 2. The second-order valence-corrected chi connectivity index (χ2v) is 15.4. The molecule has 3 N–H and O–H groups in total. The van der Waals surface area contributed by atoms with E-state index in [1.807, 2.05) is 30.5 Å². The normalized spacial score (nSPS) is 16.6. The lowest BCUT2D eigenvalue weighted by Gasteiger charge is -2.34. The number of carbonyl (C=O) groups is 2. The first kappa shape index (κ1) is 33.6. The van der Waals surface area contributed by atoms with Gasteiger partial charge < -0.3 is 25.1 Å². The molecule has 0 aliphatic carbocycles. The third-order valence-corrected chi connectivity index (χ3v) is 11.9. The van der Waals surface area contributed by atoms with Crippen LogP contribution in [0.1, 0.15) is 49.1 Å². The molecular formula is C40H39N7O4S. The first-order valence-electron chi connectivity index (χ1n) is 17.3. The number of nitrogens with zero attached hydrogens (tertiary/aromatic N) is 4. The molecule has 264 valence electrons. The number of benzene rings is 4. The minimum Gasteiger partial charge on any atom is -0.369 e. The standard InChI is InChI=1S/C40H39N7O4S/c1-45-16-18-46(19-17-45)32-13-10-28(11-14-32)30-12-15-33-31(20-30)24-47(39(33)35-21-42-36-5-3-2-4-34(35)36)52(50,51)25-27-6-8-29(9-7-27)38(48)23-43-40(49)37-22-41-26-44-37/h2-15,20-22,26,39,42H,16-19,23-25H2,1H3,(H,41,44)(H,43,49)/t39-/m1/s1. The number of likely N-dealkylation sites (N-methyl/N-ethyl adjacent to an activating group) is 1. The third kappa shape index (κ3) is 6.63. The van der Waals surface area contributed by atoms with E-state index >= 15 is 0 Å². The van der Waals surface area contributed by atoms with Crippen LogP contribution >= 0.6 is 0 Å². The number of hydrogen-bond donors (Lipinski definition) is 3. The van der Waals surface area contributed by atoms with Gasteiger partial charge in [-0.25, -0.2) is 13.4 Å². The van der Waals surface area contributed by atoms with Crippen molar-refractivity contribution >= 4 is 38.3 Å². The van der Waals surface area contributed by atoms with Crippen LogP contribution in [0.3, 0.4) is 0 Å². The summed E-state index contributed by atoms with van der Waals surface area (Å²) in [5, 5.41) is 3.55. The Labute approximate surface area is 302 Å². The summed E-state index contributed by atoms with van der Waals surface area (Å²) in [7, 11) is -1.69. The fourth-order valence-electron chi connectivity index (χ4n) is 7.25. The topological polar surface area (TPSA) is 134 Å². The van der Waals surface area contributed by atoms with E-state index in [2.05, 4.69) is 79.6 Å². The highest BCUT2D eigenvalue weighted by Crippen LogP contribution is 2.44. The van der Waals surface area contributed by atoms with Crippen LogP contribution in [0.2, 0.25) is 0 Å². The van der Waals surface area contributed by atoms with Crippen LogP contribution in [0.5, 0.6) is 0 Å². The van der Waals surface area contributed by atoms with Crippen molar-refractivity contribution < 1.29 is 18.0 Å². The van der Waals surface area contributed by atoms with Crippen molar-refractivity contribution in [1.82, 2.24) is 29.5 Å². The van der Waals surface area contributed by atoms with E-state index in [1.165, 1.54) is 18.2 Å². The van der Waals surface area contributed by atoms with Gasteiger partial charge >= 0.3 is 0 Å². The number of piperazine rings is 1. The maximum Gasteiger partial charge on any atom is 0.269 e. The molecule has 2 aromatic heterocycles. The van der Waals surface area contributed by atoms with Gasteiger partial charge in [-0.3, -0.25) is 9.59 Å². The number of imidazole rings is 1. The Kier molecular flexibility index (Phi) is 8.96. The predicted molar refractivity (Wildman–Crippen MR) is 202 cm³/mol. The highest BCUT2D eigenvalue weighted by Gasteiger charge is 2.40. The molecule has 12 heteroatoms. The summed E-state index contributed by atoms with van der Waals surface area (Å²) in [5.74, 6) is -0.955. The van der Waals surface area contributed by atoms with E-state index in [-0.39, 0.29) is 30.3 Å². The van der Waals surface area contributed by atoms with Crippen LogP contribution < -0.4 is 10.2 Å². The molecule has 0 radical (unpaired) electrons. The number of amides is 1. The third-order valence-electron chi connectivity index (χ3n) is 10.2. The molecule has 1 atom stereocenters. The van der Waals surface area contributed by atoms with Gasteiger partial charge in [-0.1, -0.05) is 66.7 Å². The molecule has 8 rings (SSSR count). The van der Waals surface area contributed by atoms with Crippen molar-refractivity contribution in [3.05, 3.63) is 143 Å². The number of hydrogen-bond acceptors (Lipinski definition) is 7. The Balaban J connectivity index is 1.04. The number of anilines is 1. The molecule has 2 aliphatic heterocycles. The molecule has 2 aliphatic rings. The second kappa shape index (κ2) is 13.9. The molecule has 52 heavy (non-hydrogen) atoms. The Morgan fingerprint density at radius 3 is 2.37 bits per heavy atom. The van der Waals surface area contributed by atoms with E-state index in [1.54, 1.807) is 28.6 Å². The number of para-hydroxylation sites is 1. The number of ketones is 1. The summed E-state index contributed by atoms with van der Waals surface area (Å²) >= 11 is 0. The fraction of sp³-hybridized carbons (Fsp3) is 0.225. The van der Waals surface area contributed by atoms with Gasteiger partial charge in [-0.05, 0) is 59.1 Å². The number of aromatic nitrogens is 3. The number of nitrogens with one attached hydrogen (secondary N) is 3. The van der Waals surface area contributed by atoms with Gasteiger partial charge in [-0.15, -0.1) is 0 Å². The van der Waals surface area contributed by atoms with Crippen LogP contribution in [0.15, 0.2) is 110 Å². The smallest absolute Gasteiger partial charge is 0.269 e. The molecule has 0 saturated carbocycles. The highest BCUT2D eigenvalue weighted by molar-refractivity contribution is 7.88. The summed E-state index contributed by atoms with van der Waals surface area (Å²) in [6, 6.07) is 28.9. The Bertz CT molecular complexity index is 2350. The van der Waals surface area contributed by atoms with Gasteiger partial charge in [0.2, 0.25) is 10.0 Å². The van der Waals surface area contributed by atoms with Crippen LogP contribution in [0, 0.1) is 0 Å². The zero-order chi connectivity index (χ0) is 35.8. The maximum absolute atomic E-state index is 14.4. The number of carbonyl (C=O) groups excluding carboxylic acids is 2. The summed E-state index contributed by atoms with van der Waals surface area (Å²) in [5.41, 5.74) is 8.32. The molecule has 11 nitrogen and oxygen atoms in total. The molecule has 1 amide bonds. The van der Waals surface area contributed by atoms with Gasteiger partial charge in [0, 0.05) is 66.6 Å². The van der Waals surface area contributed by atoms with Gasteiger partial charge in [0.1, 0.15) is 5.69 Å². The molecular weight excluding hydrogens is 675 g/mol. The lowest BCUT2D eigenvalue weighted by atomic mass is 9.94. The number of rotatable bonds is 10. The summed E-state index contributed by atoms with van der Waals surface area (Å²) < 4.78 is 30.3. The number of sulfonamides is 1. The molecule has 1 fully saturated rings. The van der Waals surface area contributed by atoms with Crippen LogP contribution in [-0.4, -0.2) is 84.0 Å². The SMILES string of the molecule is CN1CCN(c2ccc(-c3ccc4c(c3)CN(S(=O)(=O)Cc3ccc(C(=O)CNC(=O)c5cnc[nH]5)cc3)[C@H]4c3c[nH]c4ccccc34)cc2)CC1. The quantitative estimate of drug-likeness (QED) is 0.163. The monoisotopic (exact) mass is 713 g/mol. The molecule has 4 heterocycles. The zero-order valence-electron chi connectivity index (χ0n) is 28.7. The largest absolute Gasteiger partial charge is 0.369 e. The Morgan fingerprint density at radius 1 is 0.865 bits per heavy atom. The molecule has 4 aromatic carbocycles. The maximum atomic E-state index is 14.4. The second-order valence-electron chi connectivity index (χ2n) is 13.5. The van der Waals surface area contributed by atoms with E-state index in [9.17, 15) is 18.0 Å². The van der Waals surface area contributed by atoms with Crippen LogP contribution in [0.4, 0.5) is 5.69 Å². The van der Waals surface area contributed by atoms with Crippen molar-refractivity contribution in [1.29, 1.82) is 0 Å².